The summed E-state index contributed by atoms with van der Waals surface area (Å²) in [6, 6.07) is 4.08. The van der Waals surface area contributed by atoms with Gasteiger partial charge in [-0.1, -0.05) is 12.1 Å². The molecule has 1 atom stereocenters. The fourth-order valence-corrected chi connectivity index (χ4v) is 2.36. The number of esters is 1. The van der Waals surface area contributed by atoms with E-state index >= 15 is 0 Å². The number of hydrogen-bond donors (Lipinski definition) is 0. The van der Waals surface area contributed by atoms with Crippen LogP contribution in [-0.2, 0) is 9.53 Å². The topological polar surface area (TPSA) is 46.6 Å². The number of benzene rings is 1. The molecule has 1 aromatic carbocycles. The number of nitrogens with zero attached hydrogens (tertiary/aromatic N) is 1. The summed E-state index contributed by atoms with van der Waals surface area (Å²) in [6.45, 7) is 2.06. The van der Waals surface area contributed by atoms with Crippen LogP contribution in [0, 0.1) is 12.7 Å². The molecule has 0 radical (unpaired) electrons. The smallest absolute Gasteiger partial charge is 0.328 e. The Hall–Kier alpha value is -1.91. The van der Waals surface area contributed by atoms with Crippen molar-refractivity contribution >= 4 is 11.9 Å². The first-order valence-corrected chi connectivity index (χ1v) is 6.20. The van der Waals surface area contributed by atoms with Crippen LogP contribution in [0.25, 0.3) is 0 Å². The van der Waals surface area contributed by atoms with E-state index in [0.717, 1.165) is 6.42 Å². The molecular weight excluding hydrogens is 249 g/mol. The standard InChI is InChI=1S/C14H16FNO3/c1-9-5-3-6-10(12(9)15)13(17)16-8-4-7-11(16)14(18)19-2/h3,5-6,11H,4,7-8H2,1-2H3. The normalized spacial score (nSPS) is 18.5. The second kappa shape index (κ2) is 5.38. The summed E-state index contributed by atoms with van der Waals surface area (Å²) < 4.78 is 18.6. The summed E-state index contributed by atoms with van der Waals surface area (Å²) in [4.78, 5) is 25.3. The Balaban J connectivity index is 2.28. The Morgan fingerprint density at radius 3 is 2.84 bits per heavy atom. The van der Waals surface area contributed by atoms with Crippen molar-refractivity contribution in [1.82, 2.24) is 4.90 Å². The van der Waals surface area contributed by atoms with Gasteiger partial charge in [0.15, 0.2) is 0 Å². The maximum absolute atomic E-state index is 14.0. The zero-order chi connectivity index (χ0) is 14.0. The number of ether oxygens (including phenoxy) is 1. The molecule has 1 saturated heterocycles. The summed E-state index contributed by atoms with van der Waals surface area (Å²) in [5.74, 6) is -1.42. The molecule has 1 amide bonds. The molecule has 0 aliphatic carbocycles. The van der Waals surface area contributed by atoms with Gasteiger partial charge in [0, 0.05) is 6.54 Å². The lowest BCUT2D eigenvalue weighted by Crippen LogP contribution is -2.41. The minimum absolute atomic E-state index is 0.0100. The first-order chi connectivity index (χ1) is 9.06. The molecule has 19 heavy (non-hydrogen) atoms. The van der Waals surface area contributed by atoms with Gasteiger partial charge in [-0.2, -0.15) is 0 Å². The number of methoxy groups -OCH3 is 1. The highest BCUT2D eigenvalue weighted by Crippen LogP contribution is 2.23. The van der Waals surface area contributed by atoms with Crippen LogP contribution in [0.15, 0.2) is 18.2 Å². The van der Waals surface area contributed by atoms with Crippen LogP contribution < -0.4 is 0 Å². The SMILES string of the molecule is COC(=O)C1CCCN1C(=O)c1cccc(C)c1F. The van der Waals surface area contributed by atoms with E-state index in [-0.39, 0.29) is 5.56 Å². The predicted octanol–water partition coefficient (Wildman–Crippen LogP) is 1.91. The van der Waals surface area contributed by atoms with Gasteiger partial charge in [-0.25, -0.2) is 9.18 Å². The Morgan fingerprint density at radius 2 is 2.16 bits per heavy atom. The monoisotopic (exact) mass is 265 g/mol. The minimum Gasteiger partial charge on any atom is -0.467 e. The Morgan fingerprint density at radius 1 is 1.42 bits per heavy atom. The largest absolute Gasteiger partial charge is 0.467 e. The van der Waals surface area contributed by atoms with E-state index in [0.29, 0.717) is 18.5 Å². The minimum atomic E-state index is -0.600. The van der Waals surface area contributed by atoms with Crippen molar-refractivity contribution in [2.24, 2.45) is 0 Å². The van der Waals surface area contributed by atoms with Crippen molar-refractivity contribution < 1.29 is 18.7 Å². The third-order valence-corrected chi connectivity index (χ3v) is 3.41. The predicted molar refractivity (Wildman–Crippen MR) is 67.2 cm³/mol. The van der Waals surface area contributed by atoms with Gasteiger partial charge in [-0.3, -0.25) is 4.79 Å². The molecule has 1 unspecified atom stereocenters. The molecule has 5 heteroatoms. The number of carbonyl (C=O) groups is 2. The number of carbonyl (C=O) groups excluding carboxylic acids is 2. The van der Waals surface area contributed by atoms with Crippen molar-refractivity contribution in [3.05, 3.63) is 35.1 Å². The van der Waals surface area contributed by atoms with E-state index in [9.17, 15) is 14.0 Å². The van der Waals surface area contributed by atoms with E-state index in [1.807, 2.05) is 0 Å². The van der Waals surface area contributed by atoms with Crippen LogP contribution >= 0.6 is 0 Å². The number of aryl methyl sites for hydroxylation is 1. The zero-order valence-corrected chi connectivity index (χ0v) is 11.0. The lowest BCUT2D eigenvalue weighted by molar-refractivity contribution is -0.145. The molecule has 0 spiro atoms. The fraction of sp³-hybridized carbons (Fsp3) is 0.429. The molecule has 1 aliphatic heterocycles. The highest BCUT2D eigenvalue weighted by molar-refractivity contribution is 5.97. The summed E-state index contributed by atoms with van der Waals surface area (Å²) in [6.07, 6.45) is 1.28. The van der Waals surface area contributed by atoms with Crippen LogP contribution in [0.2, 0.25) is 0 Å². The lowest BCUT2D eigenvalue weighted by atomic mass is 10.1. The van der Waals surface area contributed by atoms with Gasteiger partial charge in [0.2, 0.25) is 0 Å². The van der Waals surface area contributed by atoms with Crippen molar-refractivity contribution in [3.63, 3.8) is 0 Å². The number of halogens is 1. The van der Waals surface area contributed by atoms with Gasteiger partial charge in [-0.15, -0.1) is 0 Å². The molecule has 4 nitrogen and oxygen atoms in total. The molecule has 2 rings (SSSR count). The third-order valence-electron chi connectivity index (χ3n) is 3.41. The zero-order valence-electron chi connectivity index (χ0n) is 11.0. The van der Waals surface area contributed by atoms with Crippen molar-refractivity contribution in [3.8, 4) is 0 Å². The average molecular weight is 265 g/mol. The van der Waals surface area contributed by atoms with Crippen LogP contribution in [-0.4, -0.2) is 36.5 Å². The molecule has 1 heterocycles. The number of rotatable bonds is 2. The second-order valence-electron chi connectivity index (χ2n) is 4.62. The van der Waals surface area contributed by atoms with E-state index < -0.39 is 23.7 Å². The van der Waals surface area contributed by atoms with E-state index in [1.165, 1.54) is 18.1 Å². The second-order valence-corrected chi connectivity index (χ2v) is 4.62. The molecule has 102 valence electrons. The molecular formula is C14H16FNO3. The maximum Gasteiger partial charge on any atom is 0.328 e. The van der Waals surface area contributed by atoms with E-state index in [2.05, 4.69) is 4.74 Å². The first kappa shape index (κ1) is 13.5. The first-order valence-electron chi connectivity index (χ1n) is 6.20. The Labute approximate surface area is 111 Å². The third kappa shape index (κ3) is 2.45. The highest BCUT2D eigenvalue weighted by atomic mass is 19.1. The van der Waals surface area contributed by atoms with E-state index in [1.54, 1.807) is 19.1 Å². The van der Waals surface area contributed by atoms with Gasteiger partial charge in [0.25, 0.3) is 5.91 Å². The van der Waals surface area contributed by atoms with Crippen LogP contribution in [0.1, 0.15) is 28.8 Å². The van der Waals surface area contributed by atoms with Crippen molar-refractivity contribution in [2.45, 2.75) is 25.8 Å². The molecule has 1 aliphatic rings. The summed E-state index contributed by atoms with van der Waals surface area (Å²) in [5, 5.41) is 0. The molecule has 0 aromatic heterocycles. The Bertz CT molecular complexity index is 515. The van der Waals surface area contributed by atoms with Crippen LogP contribution in [0.5, 0.6) is 0 Å². The van der Waals surface area contributed by atoms with E-state index in [4.69, 9.17) is 0 Å². The maximum atomic E-state index is 14.0. The van der Waals surface area contributed by atoms with Gasteiger partial charge in [-0.05, 0) is 31.4 Å². The lowest BCUT2D eigenvalue weighted by Gasteiger charge is -2.23. The Kier molecular flexibility index (Phi) is 3.83. The van der Waals surface area contributed by atoms with Crippen LogP contribution in [0.4, 0.5) is 4.39 Å². The average Bonchev–Trinajstić information content (AvgIpc) is 2.89. The molecule has 0 N–H and O–H groups in total. The summed E-state index contributed by atoms with van der Waals surface area (Å²) >= 11 is 0. The molecule has 1 fully saturated rings. The fourth-order valence-electron chi connectivity index (χ4n) is 2.36. The van der Waals surface area contributed by atoms with Gasteiger partial charge < -0.3 is 9.64 Å². The quantitative estimate of drug-likeness (QED) is 0.767. The van der Waals surface area contributed by atoms with Gasteiger partial charge in [0.05, 0.1) is 12.7 Å². The number of hydrogen-bond acceptors (Lipinski definition) is 3. The molecule has 0 bridgehead atoms. The van der Waals surface area contributed by atoms with Crippen LogP contribution in [0.3, 0.4) is 0 Å². The number of amides is 1. The summed E-state index contributed by atoms with van der Waals surface area (Å²) in [7, 11) is 1.29. The van der Waals surface area contributed by atoms with Crippen molar-refractivity contribution in [2.75, 3.05) is 13.7 Å². The van der Waals surface area contributed by atoms with Gasteiger partial charge >= 0.3 is 5.97 Å². The van der Waals surface area contributed by atoms with Gasteiger partial charge in [0.1, 0.15) is 11.9 Å². The molecule has 0 saturated carbocycles. The summed E-state index contributed by atoms with van der Waals surface area (Å²) in [5.41, 5.74) is 0.426. The highest BCUT2D eigenvalue weighted by Gasteiger charge is 2.36. The number of likely N-dealkylation sites (tertiary alicyclic amines) is 1. The molecule has 1 aromatic rings. The van der Waals surface area contributed by atoms with Crippen molar-refractivity contribution in [1.29, 1.82) is 0 Å².